The molecule has 110 valence electrons. The van der Waals surface area contributed by atoms with Crippen molar-refractivity contribution >= 4 is 23.9 Å². The van der Waals surface area contributed by atoms with Gasteiger partial charge in [0, 0.05) is 6.08 Å². The van der Waals surface area contributed by atoms with Gasteiger partial charge in [-0.2, -0.15) is 9.67 Å². The van der Waals surface area contributed by atoms with Gasteiger partial charge in [-0.1, -0.05) is 6.07 Å². The van der Waals surface area contributed by atoms with E-state index in [-0.39, 0.29) is 11.9 Å². The molecule has 0 bridgehead atoms. The molecule has 0 fully saturated rings. The second-order valence-electron chi connectivity index (χ2n) is 4.03. The average Bonchev–Trinajstić information content (AvgIpc) is 2.83. The molecule has 0 aliphatic rings. The smallest absolute Gasteiger partial charge is 0.274 e. The minimum Gasteiger partial charge on any atom is -0.493 e. The summed E-state index contributed by atoms with van der Waals surface area (Å²) in [5, 5.41) is 3.70. The van der Waals surface area contributed by atoms with Crippen LogP contribution < -0.4 is 20.9 Å². The third kappa shape index (κ3) is 3.11. The van der Waals surface area contributed by atoms with E-state index in [9.17, 15) is 4.79 Å². The molecule has 8 nitrogen and oxygen atoms in total. The van der Waals surface area contributed by atoms with Gasteiger partial charge in [-0.3, -0.25) is 4.79 Å². The van der Waals surface area contributed by atoms with E-state index < -0.39 is 5.91 Å². The first-order chi connectivity index (χ1) is 10.0. The van der Waals surface area contributed by atoms with Crippen molar-refractivity contribution in [1.82, 2.24) is 14.8 Å². The van der Waals surface area contributed by atoms with E-state index in [1.54, 1.807) is 31.4 Å². The first kappa shape index (κ1) is 14.4. The Kier molecular flexibility index (Phi) is 4.07. The Balaban J connectivity index is 2.21. The fraction of sp³-hybridized carbons (Fsp3) is 0.154. The molecule has 21 heavy (non-hydrogen) atoms. The summed E-state index contributed by atoms with van der Waals surface area (Å²) < 4.78 is 11.2. The van der Waals surface area contributed by atoms with Crippen molar-refractivity contribution in [3.05, 3.63) is 29.8 Å². The highest BCUT2D eigenvalue weighted by atomic mass is 16.5. The quantitative estimate of drug-likeness (QED) is 0.799. The summed E-state index contributed by atoms with van der Waals surface area (Å²) in [6.45, 7) is 0. The second kappa shape index (κ2) is 5.95. The number of anilines is 2. The number of ether oxygens (including phenoxy) is 2. The fourth-order valence-electron chi connectivity index (χ4n) is 1.70. The summed E-state index contributed by atoms with van der Waals surface area (Å²) >= 11 is 0. The molecular formula is C13H15N5O3. The minimum absolute atomic E-state index is 0.0552. The van der Waals surface area contributed by atoms with E-state index in [1.807, 2.05) is 0 Å². The predicted octanol–water partition coefficient (Wildman–Crippen LogP) is 0.813. The molecule has 0 atom stereocenters. The number of aromatic nitrogens is 3. The van der Waals surface area contributed by atoms with Crippen molar-refractivity contribution in [3.63, 3.8) is 0 Å². The van der Waals surface area contributed by atoms with Gasteiger partial charge in [0.25, 0.3) is 5.91 Å². The van der Waals surface area contributed by atoms with E-state index in [1.165, 1.54) is 13.2 Å². The van der Waals surface area contributed by atoms with Crippen LogP contribution in [0.4, 0.5) is 11.9 Å². The van der Waals surface area contributed by atoms with Crippen LogP contribution in [0.25, 0.3) is 6.08 Å². The van der Waals surface area contributed by atoms with Crippen molar-refractivity contribution in [2.45, 2.75) is 0 Å². The molecule has 4 N–H and O–H groups in total. The topological polar surface area (TPSA) is 118 Å². The van der Waals surface area contributed by atoms with Crippen LogP contribution in [0.3, 0.4) is 0 Å². The number of rotatable bonds is 4. The zero-order valence-electron chi connectivity index (χ0n) is 11.6. The van der Waals surface area contributed by atoms with Gasteiger partial charge in [0.2, 0.25) is 11.9 Å². The van der Waals surface area contributed by atoms with Crippen LogP contribution in [0.15, 0.2) is 24.3 Å². The van der Waals surface area contributed by atoms with Crippen LogP contribution in [-0.4, -0.2) is 34.9 Å². The lowest BCUT2D eigenvalue weighted by Gasteiger charge is -2.07. The molecule has 2 rings (SSSR count). The highest BCUT2D eigenvalue weighted by Crippen LogP contribution is 2.27. The van der Waals surface area contributed by atoms with Crippen molar-refractivity contribution in [1.29, 1.82) is 0 Å². The third-order valence-corrected chi connectivity index (χ3v) is 2.68. The Hall–Kier alpha value is -3.03. The van der Waals surface area contributed by atoms with E-state index in [0.717, 1.165) is 10.2 Å². The number of nitrogens with two attached hydrogens (primary N) is 2. The van der Waals surface area contributed by atoms with Gasteiger partial charge in [0.15, 0.2) is 11.5 Å². The first-order valence-corrected chi connectivity index (χ1v) is 5.97. The molecule has 0 spiro atoms. The van der Waals surface area contributed by atoms with Gasteiger partial charge in [-0.15, -0.1) is 5.10 Å². The molecule has 0 amide bonds. The first-order valence-electron chi connectivity index (χ1n) is 5.97. The molecule has 0 aliphatic heterocycles. The third-order valence-electron chi connectivity index (χ3n) is 2.68. The Morgan fingerprint density at radius 3 is 2.52 bits per heavy atom. The summed E-state index contributed by atoms with van der Waals surface area (Å²) in [6.07, 6.45) is 2.91. The monoisotopic (exact) mass is 289 g/mol. The van der Waals surface area contributed by atoms with Gasteiger partial charge in [-0.05, 0) is 23.8 Å². The molecule has 2 aromatic rings. The normalized spacial score (nSPS) is 10.8. The van der Waals surface area contributed by atoms with Crippen molar-refractivity contribution in [3.8, 4) is 11.5 Å². The lowest BCUT2D eigenvalue weighted by atomic mass is 10.2. The Morgan fingerprint density at radius 2 is 1.95 bits per heavy atom. The predicted molar refractivity (Wildman–Crippen MR) is 78.1 cm³/mol. The second-order valence-corrected chi connectivity index (χ2v) is 4.03. The molecule has 0 saturated carbocycles. The largest absolute Gasteiger partial charge is 0.493 e. The minimum atomic E-state index is -0.452. The number of nitrogen functional groups attached to an aromatic ring is 2. The lowest BCUT2D eigenvalue weighted by Crippen LogP contribution is -2.12. The highest BCUT2D eigenvalue weighted by Gasteiger charge is 2.09. The summed E-state index contributed by atoms with van der Waals surface area (Å²) in [6, 6.07) is 5.26. The summed E-state index contributed by atoms with van der Waals surface area (Å²) in [5.74, 6) is 0.604. The summed E-state index contributed by atoms with van der Waals surface area (Å²) in [7, 11) is 3.09. The molecule has 0 unspecified atom stereocenters. The van der Waals surface area contributed by atoms with Crippen molar-refractivity contribution in [2.24, 2.45) is 0 Å². The van der Waals surface area contributed by atoms with Gasteiger partial charge in [-0.25, -0.2) is 0 Å². The maximum absolute atomic E-state index is 11.9. The van der Waals surface area contributed by atoms with Gasteiger partial charge in [0.05, 0.1) is 14.2 Å². The van der Waals surface area contributed by atoms with Gasteiger partial charge in [0.1, 0.15) is 0 Å². The Morgan fingerprint density at radius 1 is 1.24 bits per heavy atom. The molecule has 1 heterocycles. The van der Waals surface area contributed by atoms with Crippen molar-refractivity contribution in [2.75, 3.05) is 25.7 Å². The van der Waals surface area contributed by atoms with E-state index in [0.29, 0.717) is 11.5 Å². The van der Waals surface area contributed by atoms with Crippen LogP contribution in [0.5, 0.6) is 11.5 Å². The number of nitrogens with zero attached hydrogens (tertiary/aromatic N) is 3. The number of methoxy groups -OCH3 is 2. The number of hydrogen-bond acceptors (Lipinski definition) is 7. The number of hydrogen-bond donors (Lipinski definition) is 2. The SMILES string of the molecule is COc1ccc(/C=C/C(=O)n2nc(N)nc2N)cc1OC. The van der Waals surface area contributed by atoms with E-state index in [2.05, 4.69) is 10.1 Å². The fourth-order valence-corrected chi connectivity index (χ4v) is 1.70. The van der Waals surface area contributed by atoms with Crippen LogP contribution in [-0.2, 0) is 0 Å². The summed E-state index contributed by atoms with van der Waals surface area (Å²) in [4.78, 5) is 15.6. The van der Waals surface area contributed by atoms with Crippen LogP contribution in [0.1, 0.15) is 10.4 Å². The van der Waals surface area contributed by atoms with Crippen molar-refractivity contribution < 1.29 is 14.3 Å². The maximum Gasteiger partial charge on any atom is 0.274 e. The standard InChI is InChI=1S/C13H15N5O3/c1-20-9-5-3-8(7-10(9)21-2)4-6-11(19)18-13(15)16-12(14)17-18/h3-7H,1-2H3,(H4,14,15,16,17)/b6-4+. The molecule has 0 radical (unpaired) electrons. The molecule has 1 aromatic carbocycles. The number of allylic oxidation sites excluding steroid dienone is 1. The molecule has 0 saturated heterocycles. The Bertz CT molecular complexity index is 693. The van der Waals surface area contributed by atoms with E-state index >= 15 is 0 Å². The number of carbonyl (C=O) groups is 1. The van der Waals surface area contributed by atoms with Gasteiger partial charge < -0.3 is 20.9 Å². The molecular weight excluding hydrogens is 274 g/mol. The highest BCUT2D eigenvalue weighted by molar-refractivity contribution is 5.94. The van der Waals surface area contributed by atoms with Crippen LogP contribution in [0, 0.1) is 0 Å². The summed E-state index contributed by atoms with van der Waals surface area (Å²) in [5.41, 5.74) is 11.6. The number of benzene rings is 1. The average molecular weight is 289 g/mol. The zero-order valence-corrected chi connectivity index (χ0v) is 11.6. The number of carbonyl (C=O) groups excluding carboxylic acids is 1. The van der Waals surface area contributed by atoms with Crippen LogP contribution in [0.2, 0.25) is 0 Å². The maximum atomic E-state index is 11.9. The molecule has 8 heteroatoms. The Labute approximate surface area is 121 Å². The molecule has 1 aromatic heterocycles. The lowest BCUT2D eigenvalue weighted by molar-refractivity contribution is 0.0958. The van der Waals surface area contributed by atoms with E-state index in [4.69, 9.17) is 20.9 Å². The zero-order chi connectivity index (χ0) is 15.4. The van der Waals surface area contributed by atoms with Crippen LogP contribution >= 0.6 is 0 Å². The van der Waals surface area contributed by atoms with Gasteiger partial charge >= 0.3 is 0 Å². The molecule has 0 aliphatic carbocycles.